The molecule has 3 rings (SSSR count). The quantitative estimate of drug-likeness (QED) is 0.367. The maximum absolute atomic E-state index is 12.2. The van der Waals surface area contributed by atoms with E-state index in [4.69, 9.17) is 18.8 Å². The summed E-state index contributed by atoms with van der Waals surface area (Å²) in [4.78, 5) is 10.6. The molecule has 0 aliphatic rings. The van der Waals surface area contributed by atoms with Crippen molar-refractivity contribution in [2.24, 2.45) is 0 Å². The first-order valence-corrected chi connectivity index (χ1v) is 7.65. The standard InChI is InChI=1S/C17H15N3O7/c1-24-13-8-11(9-14(25-2)17(13)26-3)16-15(18-27-20(16)23)10-4-6-12(7-5-10)19(21)22/h4-9H,1-3H3. The summed E-state index contributed by atoms with van der Waals surface area (Å²) in [7, 11) is 4.38. The molecule has 0 saturated carbocycles. The number of methoxy groups -OCH3 is 3. The zero-order valence-corrected chi connectivity index (χ0v) is 14.7. The van der Waals surface area contributed by atoms with E-state index in [1.807, 2.05) is 0 Å². The van der Waals surface area contributed by atoms with Crippen LogP contribution in [0.25, 0.3) is 22.5 Å². The fraction of sp³-hybridized carbons (Fsp3) is 0.176. The van der Waals surface area contributed by atoms with Crippen molar-refractivity contribution in [1.82, 2.24) is 5.16 Å². The second-order valence-corrected chi connectivity index (χ2v) is 5.35. The van der Waals surface area contributed by atoms with Gasteiger partial charge in [-0.25, -0.2) is 0 Å². The van der Waals surface area contributed by atoms with Crippen molar-refractivity contribution in [3.8, 4) is 39.8 Å². The maximum Gasteiger partial charge on any atom is 0.269 e. The summed E-state index contributed by atoms with van der Waals surface area (Å²) in [6, 6.07) is 8.76. The fourth-order valence-electron chi connectivity index (χ4n) is 2.64. The lowest BCUT2D eigenvalue weighted by Crippen LogP contribution is -2.25. The smallest absolute Gasteiger partial charge is 0.269 e. The molecular weight excluding hydrogens is 358 g/mol. The van der Waals surface area contributed by atoms with Gasteiger partial charge in [0.2, 0.25) is 11.4 Å². The zero-order chi connectivity index (χ0) is 19.6. The van der Waals surface area contributed by atoms with Gasteiger partial charge in [0.25, 0.3) is 11.4 Å². The highest BCUT2D eigenvalue weighted by atomic mass is 16.8. The van der Waals surface area contributed by atoms with Gasteiger partial charge in [-0.2, -0.15) is 0 Å². The molecule has 0 fully saturated rings. The average molecular weight is 373 g/mol. The van der Waals surface area contributed by atoms with E-state index in [2.05, 4.69) is 5.16 Å². The Balaban J connectivity index is 2.16. The number of nitrogens with zero attached hydrogens (tertiary/aromatic N) is 3. The Morgan fingerprint density at radius 3 is 2.07 bits per heavy atom. The lowest BCUT2D eigenvalue weighted by Gasteiger charge is -2.13. The van der Waals surface area contributed by atoms with Crippen LogP contribution < -0.4 is 19.1 Å². The van der Waals surface area contributed by atoms with E-state index in [1.54, 1.807) is 12.1 Å². The monoisotopic (exact) mass is 373 g/mol. The molecule has 0 bridgehead atoms. The Morgan fingerprint density at radius 1 is 1.00 bits per heavy atom. The van der Waals surface area contributed by atoms with Crippen LogP contribution in [-0.4, -0.2) is 31.4 Å². The zero-order valence-electron chi connectivity index (χ0n) is 14.7. The molecule has 0 radical (unpaired) electrons. The number of benzene rings is 2. The summed E-state index contributed by atoms with van der Waals surface area (Å²) in [5.41, 5.74) is 1.13. The van der Waals surface area contributed by atoms with Crippen LogP contribution in [0.1, 0.15) is 0 Å². The molecule has 10 nitrogen and oxygen atoms in total. The first-order valence-electron chi connectivity index (χ1n) is 7.65. The Kier molecular flexibility index (Phi) is 4.79. The summed E-state index contributed by atoms with van der Waals surface area (Å²) in [6.07, 6.45) is 0. The number of hydrogen-bond acceptors (Lipinski definition) is 8. The van der Waals surface area contributed by atoms with Crippen LogP contribution in [-0.2, 0) is 0 Å². The van der Waals surface area contributed by atoms with Crippen molar-refractivity contribution in [2.75, 3.05) is 21.3 Å². The molecule has 0 aliphatic heterocycles. The summed E-state index contributed by atoms with van der Waals surface area (Å²) in [6.45, 7) is 0. The number of ether oxygens (including phenoxy) is 3. The molecule has 0 saturated heterocycles. The Labute approximate surface area is 153 Å². The minimum atomic E-state index is -0.513. The van der Waals surface area contributed by atoms with Crippen molar-refractivity contribution in [2.45, 2.75) is 0 Å². The number of non-ortho nitro benzene ring substituents is 1. The van der Waals surface area contributed by atoms with E-state index in [9.17, 15) is 15.3 Å². The number of aromatic nitrogens is 2. The minimum absolute atomic E-state index is 0.0772. The largest absolute Gasteiger partial charge is 0.493 e. The van der Waals surface area contributed by atoms with Crippen LogP contribution in [0.5, 0.6) is 17.2 Å². The molecule has 0 spiro atoms. The minimum Gasteiger partial charge on any atom is -0.493 e. The van der Waals surface area contributed by atoms with Gasteiger partial charge in [0.05, 0.1) is 26.3 Å². The lowest BCUT2D eigenvalue weighted by molar-refractivity contribution is -0.793. The summed E-state index contributed by atoms with van der Waals surface area (Å²) in [5, 5.41) is 26.8. The molecule has 0 unspecified atom stereocenters. The van der Waals surface area contributed by atoms with E-state index in [0.717, 1.165) is 0 Å². The fourth-order valence-corrected chi connectivity index (χ4v) is 2.64. The van der Waals surface area contributed by atoms with Crippen molar-refractivity contribution in [3.63, 3.8) is 0 Å². The molecule has 0 amide bonds. The molecule has 0 N–H and O–H groups in total. The van der Waals surface area contributed by atoms with E-state index >= 15 is 0 Å². The third kappa shape index (κ3) is 3.19. The van der Waals surface area contributed by atoms with Gasteiger partial charge in [0.15, 0.2) is 11.5 Å². The van der Waals surface area contributed by atoms with Gasteiger partial charge >= 0.3 is 0 Å². The maximum atomic E-state index is 12.2. The highest BCUT2D eigenvalue weighted by Gasteiger charge is 2.26. The SMILES string of the molecule is COc1cc(-c2c(-c3ccc([N+](=O)[O-])cc3)no[n+]2[O-])cc(OC)c1OC. The topological polar surface area (TPSA) is 124 Å². The van der Waals surface area contributed by atoms with E-state index in [-0.39, 0.29) is 22.0 Å². The van der Waals surface area contributed by atoms with Gasteiger partial charge < -0.3 is 19.4 Å². The Hall–Kier alpha value is -3.82. The van der Waals surface area contributed by atoms with Crippen LogP contribution in [0.2, 0.25) is 0 Å². The number of nitro benzene ring substituents is 1. The van der Waals surface area contributed by atoms with Gasteiger partial charge in [-0.05, 0) is 29.2 Å². The van der Waals surface area contributed by atoms with Gasteiger partial charge in [0, 0.05) is 28.4 Å². The van der Waals surface area contributed by atoms with Crippen LogP contribution in [0, 0.1) is 15.3 Å². The van der Waals surface area contributed by atoms with E-state index in [0.29, 0.717) is 28.4 Å². The summed E-state index contributed by atoms with van der Waals surface area (Å²) in [5.74, 6) is 1.07. The molecule has 27 heavy (non-hydrogen) atoms. The first-order chi connectivity index (χ1) is 13.0. The number of rotatable bonds is 6. The predicted molar refractivity (Wildman–Crippen MR) is 92.6 cm³/mol. The lowest BCUT2D eigenvalue weighted by atomic mass is 10.0. The third-order valence-electron chi connectivity index (χ3n) is 3.90. The van der Waals surface area contributed by atoms with E-state index < -0.39 is 4.92 Å². The van der Waals surface area contributed by atoms with Crippen molar-refractivity contribution in [1.29, 1.82) is 0 Å². The highest BCUT2D eigenvalue weighted by Crippen LogP contribution is 2.42. The molecule has 3 aromatic rings. The van der Waals surface area contributed by atoms with Crippen molar-refractivity contribution in [3.05, 3.63) is 51.7 Å². The molecule has 2 aromatic carbocycles. The Morgan fingerprint density at radius 2 is 1.59 bits per heavy atom. The molecule has 0 aliphatic carbocycles. The third-order valence-corrected chi connectivity index (χ3v) is 3.90. The molecule has 10 heteroatoms. The van der Waals surface area contributed by atoms with Crippen LogP contribution >= 0.6 is 0 Å². The van der Waals surface area contributed by atoms with Gasteiger partial charge in [-0.3, -0.25) is 14.7 Å². The molecule has 140 valence electrons. The normalized spacial score (nSPS) is 10.5. The van der Waals surface area contributed by atoms with Crippen LogP contribution in [0.4, 0.5) is 5.69 Å². The summed E-state index contributed by atoms with van der Waals surface area (Å²) < 4.78 is 20.6. The van der Waals surface area contributed by atoms with Gasteiger partial charge in [-0.15, -0.1) is 0 Å². The second kappa shape index (κ2) is 7.20. The van der Waals surface area contributed by atoms with Crippen LogP contribution in [0.3, 0.4) is 0 Å². The van der Waals surface area contributed by atoms with Crippen molar-refractivity contribution >= 4 is 5.69 Å². The summed E-state index contributed by atoms with van der Waals surface area (Å²) >= 11 is 0. The van der Waals surface area contributed by atoms with E-state index in [1.165, 1.54) is 45.6 Å². The molecule has 1 aromatic heterocycles. The molecular formula is C17H15N3O7. The Bertz CT molecular complexity index is 958. The van der Waals surface area contributed by atoms with Crippen LogP contribution in [0.15, 0.2) is 41.0 Å². The second-order valence-electron chi connectivity index (χ2n) is 5.35. The predicted octanol–water partition coefficient (Wildman–Crippen LogP) is 2.58. The van der Waals surface area contributed by atoms with Gasteiger partial charge in [-0.1, -0.05) is 0 Å². The first kappa shape index (κ1) is 18.0. The number of nitro groups is 1. The van der Waals surface area contributed by atoms with Crippen molar-refractivity contribution < 1.29 is 28.7 Å². The average Bonchev–Trinajstić information content (AvgIpc) is 3.08. The number of hydrogen-bond donors (Lipinski definition) is 0. The molecule has 0 atom stereocenters. The highest BCUT2D eigenvalue weighted by molar-refractivity contribution is 5.78. The van der Waals surface area contributed by atoms with Gasteiger partial charge in [0.1, 0.15) is 0 Å². The molecule has 1 heterocycles.